The Bertz CT molecular complexity index is 455. The molecule has 0 atom stereocenters. The third kappa shape index (κ3) is 1.76. The molecule has 1 aromatic carbocycles. The SMILES string of the molecule is Cc1cc([N+](=O)[O-])cc(C)c1C(=O)N1CC1. The van der Waals surface area contributed by atoms with E-state index in [1.165, 1.54) is 12.1 Å². The summed E-state index contributed by atoms with van der Waals surface area (Å²) in [6.07, 6.45) is 0. The zero-order valence-corrected chi connectivity index (χ0v) is 9.19. The summed E-state index contributed by atoms with van der Waals surface area (Å²) in [5, 5.41) is 10.6. The lowest BCUT2D eigenvalue weighted by Crippen LogP contribution is -2.14. The molecule has 0 radical (unpaired) electrons. The molecule has 0 aliphatic carbocycles. The Kier molecular flexibility index (Phi) is 2.38. The zero-order chi connectivity index (χ0) is 11.9. The van der Waals surface area contributed by atoms with Gasteiger partial charge in [-0.05, 0) is 25.0 Å². The molecule has 1 heterocycles. The number of benzene rings is 1. The van der Waals surface area contributed by atoms with Crippen LogP contribution in [0.4, 0.5) is 5.69 Å². The maximum absolute atomic E-state index is 11.9. The number of aryl methyl sites for hydroxylation is 2. The first-order chi connectivity index (χ1) is 7.50. The van der Waals surface area contributed by atoms with Crippen LogP contribution < -0.4 is 0 Å². The third-order valence-corrected chi connectivity index (χ3v) is 2.68. The van der Waals surface area contributed by atoms with E-state index in [2.05, 4.69) is 0 Å². The molecule has 0 spiro atoms. The summed E-state index contributed by atoms with van der Waals surface area (Å²) in [6, 6.07) is 2.90. The van der Waals surface area contributed by atoms with Gasteiger partial charge in [-0.15, -0.1) is 0 Å². The smallest absolute Gasteiger partial charge is 0.270 e. The van der Waals surface area contributed by atoms with Gasteiger partial charge < -0.3 is 4.90 Å². The summed E-state index contributed by atoms with van der Waals surface area (Å²) in [7, 11) is 0. The second kappa shape index (κ2) is 3.59. The minimum Gasteiger partial charge on any atom is -0.335 e. The Morgan fingerprint density at radius 3 is 2.19 bits per heavy atom. The van der Waals surface area contributed by atoms with Gasteiger partial charge in [0.15, 0.2) is 0 Å². The highest BCUT2D eigenvalue weighted by Crippen LogP contribution is 2.24. The molecule has 5 heteroatoms. The molecule has 84 valence electrons. The molecule has 2 rings (SSSR count). The van der Waals surface area contributed by atoms with E-state index < -0.39 is 4.92 Å². The summed E-state index contributed by atoms with van der Waals surface area (Å²) < 4.78 is 0. The van der Waals surface area contributed by atoms with Gasteiger partial charge in [-0.1, -0.05) is 0 Å². The fraction of sp³-hybridized carbons (Fsp3) is 0.364. The first-order valence-corrected chi connectivity index (χ1v) is 5.05. The van der Waals surface area contributed by atoms with Gasteiger partial charge in [0.05, 0.1) is 4.92 Å². The fourth-order valence-corrected chi connectivity index (χ4v) is 1.79. The van der Waals surface area contributed by atoms with Gasteiger partial charge in [0.2, 0.25) is 0 Å². The molecule has 1 aromatic rings. The van der Waals surface area contributed by atoms with E-state index in [0.717, 1.165) is 13.1 Å². The van der Waals surface area contributed by atoms with Crippen molar-refractivity contribution in [3.8, 4) is 0 Å². The number of non-ortho nitro benzene ring substituents is 1. The number of nitro benzene ring substituents is 1. The summed E-state index contributed by atoms with van der Waals surface area (Å²) >= 11 is 0. The average Bonchev–Trinajstić information content (AvgIpc) is 2.98. The first-order valence-electron chi connectivity index (χ1n) is 5.05. The lowest BCUT2D eigenvalue weighted by atomic mass is 10.0. The van der Waals surface area contributed by atoms with Crippen molar-refractivity contribution in [1.29, 1.82) is 0 Å². The highest BCUT2D eigenvalue weighted by molar-refractivity contribution is 5.98. The van der Waals surface area contributed by atoms with Crippen LogP contribution in [0.25, 0.3) is 0 Å². The van der Waals surface area contributed by atoms with Crippen molar-refractivity contribution in [3.63, 3.8) is 0 Å². The van der Waals surface area contributed by atoms with Gasteiger partial charge in [0, 0.05) is 30.8 Å². The monoisotopic (exact) mass is 220 g/mol. The maximum Gasteiger partial charge on any atom is 0.270 e. The van der Waals surface area contributed by atoms with E-state index in [0.29, 0.717) is 16.7 Å². The van der Waals surface area contributed by atoms with Crippen LogP contribution in [0, 0.1) is 24.0 Å². The lowest BCUT2D eigenvalue weighted by molar-refractivity contribution is -0.384. The number of carbonyl (C=O) groups is 1. The number of hydrogen-bond acceptors (Lipinski definition) is 3. The van der Waals surface area contributed by atoms with Crippen molar-refractivity contribution in [2.75, 3.05) is 13.1 Å². The Balaban J connectivity index is 2.46. The quantitative estimate of drug-likeness (QED) is 0.432. The van der Waals surface area contributed by atoms with Crippen LogP contribution >= 0.6 is 0 Å². The lowest BCUT2D eigenvalue weighted by Gasteiger charge is -2.09. The molecule has 1 aliphatic heterocycles. The van der Waals surface area contributed by atoms with E-state index in [1.54, 1.807) is 18.7 Å². The van der Waals surface area contributed by atoms with Gasteiger partial charge in [-0.25, -0.2) is 0 Å². The Hall–Kier alpha value is -1.91. The third-order valence-electron chi connectivity index (χ3n) is 2.68. The number of hydrogen-bond donors (Lipinski definition) is 0. The Morgan fingerprint density at radius 2 is 1.81 bits per heavy atom. The molecule has 5 nitrogen and oxygen atoms in total. The number of rotatable bonds is 2. The van der Waals surface area contributed by atoms with E-state index in [1.807, 2.05) is 0 Å². The Morgan fingerprint density at radius 1 is 1.31 bits per heavy atom. The molecule has 16 heavy (non-hydrogen) atoms. The molecule has 0 aromatic heterocycles. The maximum atomic E-state index is 11.9. The van der Waals surface area contributed by atoms with Crippen molar-refractivity contribution in [3.05, 3.63) is 38.9 Å². The van der Waals surface area contributed by atoms with E-state index in [4.69, 9.17) is 0 Å². The summed E-state index contributed by atoms with van der Waals surface area (Å²) in [5.41, 5.74) is 1.98. The molecular formula is C11H12N2O3. The van der Waals surface area contributed by atoms with Crippen LogP contribution in [0.1, 0.15) is 21.5 Å². The molecule has 0 N–H and O–H groups in total. The van der Waals surface area contributed by atoms with E-state index in [9.17, 15) is 14.9 Å². The van der Waals surface area contributed by atoms with Gasteiger partial charge in [0.1, 0.15) is 0 Å². The topological polar surface area (TPSA) is 63.2 Å². The van der Waals surface area contributed by atoms with Gasteiger partial charge >= 0.3 is 0 Å². The van der Waals surface area contributed by atoms with Crippen LogP contribution in [-0.4, -0.2) is 28.8 Å². The molecule has 1 amide bonds. The van der Waals surface area contributed by atoms with Crippen LogP contribution in [0.15, 0.2) is 12.1 Å². The second-order valence-corrected chi connectivity index (χ2v) is 4.00. The molecule has 1 fully saturated rings. The highest BCUT2D eigenvalue weighted by atomic mass is 16.6. The van der Waals surface area contributed by atoms with Crippen molar-refractivity contribution < 1.29 is 9.72 Å². The minimum atomic E-state index is -0.439. The predicted octanol–water partition coefficient (Wildman–Crippen LogP) is 1.67. The summed E-state index contributed by atoms with van der Waals surface area (Å²) in [6.45, 7) is 5.04. The molecule has 0 bridgehead atoms. The van der Waals surface area contributed by atoms with Gasteiger partial charge in [-0.2, -0.15) is 0 Å². The summed E-state index contributed by atoms with van der Waals surface area (Å²) in [5.74, 6) is -0.0232. The van der Waals surface area contributed by atoms with Gasteiger partial charge in [-0.3, -0.25) is 14.9 Å². The van der Waals surface area contributed by atoms with Crippen LogP contribution in [0.2, 0.25) is 0 Å². The van der Waals surface area contributed by atoms with Crippen molar-refractivity contribution in [2.24, 2.45) is 0 Å². The molecule has 0 unspecified atom stereocenters. The number of amides is 1. The van der Waals surface area contributed by atoms with E-state index in [-0.39, 0.29) is 11.6 Å². The van der Waals surface area contributed by atoms with E-state index >= 15 is 0 Å². The Labute approximate surface area is 92.8 Å². The average molecular weight is 220 g/mol. The normalized spacial score (nSPS) is 13.8. The number of nitro groups is 1. The predicted molar refractivity (Wildman–Crippen MR) is 58.5 cm³/mol. The first kappa shape index (κ1) is 10.6. The highest BCUT2D eigenvalue weighted by Gasteiger charge is 2.28. The van der Waals surface area contributed by atoms with Crippen LogP contribution in [0.5, 0.6) is 0 Å². The van der Waals surface area contributed by atoms with Crippen molar-refractivity contribution in [1.82, 2.24) is 4.90 Å². The largest absolute Gasteiger partial charge is 0.335 e. The van der Waals surface area contributed by atoms with Crippen molar-refractivity contribution in [2.45, 2.75) is 13.8 Å². The van der Waals surface area contributed by atoms with Gasteiger partial charge in [0.25, 0.3) is 11.6 Å². The molecule has 1 aliphatic rings. The van der Waals surface area contributed by atoms with Crippen molar-refractivity contribution >= 4 is 11.6 Å². The minimum absolute atomic E-state index is 0.0232. The second-order valence-electron chi connectivity index (χ2n) is 4.00. The van der Waals surface area contributed by atoms with Crippen LogP contribution in [0.3, 0.4) is 0 Å². The number of carbonyl (C=O) groups excluding carboxylic acids is 1. The summed E-state index contributed by atoms with van der Waals surface area (Å²) in [4.78, 5) is 23.8. The number of nitrogens with zero attached hydrogens (tertiary/aromatic N) is 2. The molecule has 1 saturated heterocycles. The standard InChI is InChI=1S/C11H12N2O3/c1-7-5-9(13(15)16)6-8(2)10(7)11(14)12-3-4-12/h5-6H,3-4H2,1-2H3. The zero-order valence-electron chi connectivity index (χ0n) is 9.19. The molecular weight excluding hydrogens is 208 g/mol. The molecule has 0 saturated carbocycles. The van der Waals surface area contributed by atoms with Crippen LogP contribution in [-0.2, 0) is 0 Å². The fourth-order valence-electron chi connectivity index (χ4n) is 1.79.